The van der Waals surface area contributed by atoms with Gasteiger partial charge in [-0.3, -0.25) is 0 Å². The van der Waals surface area contributed by atoms with Crippen LogP contribution in [-0.4, -0.2) is 13.2 Å². The van der Waals surface area contributed by atoms with Crippen LogP contribution in [0.15, 0.2) is 18.2 Å². The van der Waals surface area contributed by atoms with Gasteiger partial charge in [0.2, 0.25) is 0 Å². The fourth-order valence-corrected chi connectivity index (χ4v) is 1.97. The van der Waals surface area contributed by atoms with Gasteiger partial charge in [-0.05, 0) is 18.9 Å². The highest BCUT2D eigenvalue weighted by molar-refractivity contribution is 5.48. The van der Waals surface area contributed by atoms with Gasteiger partial charge < -0.3 is 15.2 Å². The van der Waals surface area contributed by atoms with Crippen LogP contribution in [0.4, 0.5) is 0 Å². The normalized spacial score (nSPS) is 15.1. The molecular formula is C14H17NO2. The highest BCUT2D eigenvalue weighted by atomic mass is 16.6. The van der Waals surface area contributed by atoms with E-state index in [4.69, 9.17) is 21.6 Å². The molecule has 2 rings (SSSR count). The lowest BCUT2D eigenvalue weighted by Gasteiger charge is -2.23. The highest BCUT2D eigenvalue weighted by Crippen LogP contribution is 2.37. The zero-order valence-electron chi connectivity index (χ0n) is 9.82. The van der Waals surface area contributed by atoms with Gasteiger partial charge in [0.05, 0.1) is 0 Å². The fourth-order valence-electron chi connectivity index (χ4n) is 1.97. The van der Waals surface area contributed by atoms with Crippen LogP contribution in [0.2, 0.25) is 0 Å². The van der Waals surface area contributed by atoms with Crippen molar-refractivity contribution < 1.29 is 9.47 Å². The lowest BCUT2D eigenvalue weighted by molar-refractivity contribution is 0.169. The van der Waals surface area contributed by atoms with Gasteiger partial charge in [0.15, 0.2) is 11.5 Å². The molecule has 0 aliphatic carbocycles. The van der Waals surface area contributed by atoms with Gasteiger partial charge in [-0.2, -0.15) is 0 Å². The Bertz CT molecular complexity index is 423. The maximum Gasteiger partial charge on any atom is 0.166 e. The number of benzene rings is 1. The van der Waals surface area contributed by atoms with E-state index < -0.39 is 0 Å². The molecule has 0 spiro atoms. The molecule has 1 aliphatic rings. The van der Waals surface area contributed by atoms with Gasteiger partial charge in [-0.25, -0.2) is 0 Å². The van der Waals surface area contributed by atoms with Gasteiger partial charge >= 0.3 is 0 Å². The first-order valence-electron chi connectivity index (χ1n) is 5.90. The van der Waals surface area contributed by atoms with Crippen molar-refractivity contribution in [2.45, 2.75) is 25.3 Å². The molecule has 0 fully saturated rings. The van der Waals surface area contributed by atoms with Crippen molar-refractivity contribution in [1.29, 1.82) is 0 Å². The summed E-state index contributed by atoms with van der Waals surface area (Å²) in [6, 6.07) is 5.81. The van der Waals surface area contributed by atoms with Crippen LogP contribution in [0, 0.1) is 12.3 Å². The number of ether oxygens (including phenoxy) is 2. The Labute approximate surface area is 102 Å². The Morgan fingerprint density at radius 1 is 1.35 bits per heavy atom. The second kappa shape index (κ2) is 5.60. The van der Waals surface area contributed by atoms with E-state index in [1.54, 1.807) is 0 Å². The number of hydrogen-bond acceptors (Lipinski definition) is 3. The number of rotatable bonds is 4. The third-order valence-corrected chi connectivity index (χ3v) is 2.83. The molecule has 3 heteroatoms. The largest absolute Gasteiger partial charge is 0.486 e. The third kappa shape index (κ3) is 2.72. The Kier molecular flexibility index (Phi) is 3.89. The van der Waals surface area contributed by atoms with Gasteiger partial charge in [0.25, 0.3) is 0 Å². The van der Waals surface area contributed by atoms with Gasteiger partial charge in [-0.1, -0.05) is 12.1 Å². The van der Waals surface area contributed by atoms with Gasteiger partial charge in [0, 0.05) is 18.0 Å². The van der Waals surface area contributed by atoms with E-state index in [1.165, 1.54) is 0 Å². The van der Waals surface area contributed by atoms with Gasteiger partial charge in [-0.15, -0.1) is 12.3 Å². The lowest BCUT2D eigenvalue weighted by Crippen LogP contribution is -2.19. The topological polar surface area (TPSA) is 44.5 Å². The minimum absolute atomic E-state index is 0.0417. The third-order valence-electron chi connectivity index (χ3n) is 2.83. The first kappa shape index (κ1) is 11.8. The monoisotopic (exact) mass is 231 g/mol. The number of para-hydroxylation sites is 1. The maximum absolute atomic E-state index is 6.16. The van der Waals surface area contributed by atoms with Crippen LogP contribution in [0.3, 0.4) is 0 Å². The maximum atomic E-state index is 6.16. The van der Waals surface area contributed by atoms with Crippen LogP contribution < -0.4 is 15.2 Å². The molecule has 1 aromatic carbocycles. The molecule has 1 heterocycles. The van der Waals surface area contributed by atoms with Crippen LogP contribution in [0.5, 0.6) is 11.5 Å². The molecule has 17 heavy (non-hydrogen) atoms. The summed E-state index contributed by atoms with van der Waals surface area (Å²) in [5.41, 5.74) is 7.17. The van der Waals surface area contributed by atoms with E-state index in [-0.39, 0.29) is 6.04 Å². The molecule has 0 saturated carbocycles. The Morgan fingerprint density at radius 3 is 3.00 bits per heavy atom. The molecule has 1 atom stereocenters. The van der Waals surface area contributed by atoms with Crippen molar-refractivity contribution in [2.75, 3.05) is 13.2 Å². The molecule has 1 aromatic rings. The van der Waals surface area contributed by atoms with Crippen molar-refractivity contribution in [3.8, 4) is 23.8 Å². The van der Waals surface area contributed by atoms with E-state index in [9.17, 15) is 0 Å². The quantitative estimate of drug-likeness (QED) is 0.638. The molecule has 0 aromatic heterocycles. The van der Waals surface area contributed by atoms with E-state index in [0.717, 1.165) is 36.3 Å². The highest BCUT2D eigenvalue weighted by Gasteiger charge is 2.19. The summed E-state index contributed by atoms with van der Waals surface area (Å²) < 4.78 is 11.2. The second-order valence-electron chi connectivity index (χ2n) is 4.07. The number of fused-ring (bicyclic) bond motifs is 1. The SMILES string of the molecule is C#CCCCC(N)c1cccc2c1OCCO2. The summed E-state index contributed by atoms with van der Waals surface area (Å²) in [6.07, 6.45) is 7.79. The number of nitrogens with two attached hydrogens (primary N) is 1. The molecule has 3 nitrogen and oxygen atoms in total. The predicted molar refractivity (Wildman–Crippen MR) is 67.0 cm³/mol. The van der Waals surface area contributed by atoms with E-state index in [2.05, 4.69) is 5.92 Å². The Balaban J connectivity index is 2.12. The Hall–Kier alpha value is -1.66. The van der Waals surface area contributed by atoms with E-state index >= 15 is 0 Å². The summed E-state index contributed by atoms with van der Waals surface area (Å²) in [7, 11) is 0. The van der Waals surface area contributed by atoms with Crippen molar-refractivity contribution in [2.24, 2.45) is 5.73 Å². The van der Waals surface area contributed by atoms with E-state index in [1.807, 2.05) is 18.2 Å². The fraction of sp³-hybridized carbons (Fsp3) is 0.429. The summed E-state index contributed by atoms with van der Waals surface area (Å²) in [6.45, 7) is 1.18. The van der Waals surface area contributed by atoms with Crippen LogP contribution in [0.25, 0.3) is 0 Å². The standard InChI is InChI=1S/C14H17NO2/c1-2-3-4-7-12(15)11-6-5-8-13-14(11)17-10-9-16-13/h1,5-6,8,12H,3-4,7,9-10,15H2. The molecule has 0 saturated heterocycles. The van der Waals surface area contributed by atoms with Crippen molar-refractivity contribution in [3.63, 3.8) is 0 Å². The zero-order chi connectivity index (χ0) is 12.1. The molecule has 0 radical (unpaired) electrons. The summed E-state index contributed by atoms with van der Waals surface area (Å²) >= 11 is 0. The van der Waals surface area contributed by atoms with Crippen molar-refractivity contribution in [1.82, 2.24) is 0 Å². The van der Waals surface area contributed by atoms with E-state index in [0.29, 0.717) is 13.2 Å². The molecule has 1 unspecified atom stereocenters. The number of terminal acetylenes is 1. The zero-order valence-corrected chi connectivity index (χ0v) is 9.82. The molecule has 1 aliphatic heterocycles. The van der Waals surface area contributed by atoms with Gasteiger partial charge in [0.1, 0.15) is 13.2 Å². The molecule has 0 bridgehead atoms. The Morgan fingerprint density at radius 2 is 2.18 bits per heavy atom. The summed E-state index contributed by atoms with van der Waals surface area (Å²) in [5, 5.41) is 0. The van der Waals surface area contributed by atoms with Crippen LogP contribution >= 0.6 is 0 Å². The predicted octanol–water partition coefficient (Wildman–Crippen LogP) is 2.26. The van der Waals surface area contributed by atoms with Crippen LogP contribution in [-0.2, 0) is 0 Å². The van der Waals surface area contributed by atoms with Crippen molar-refractivity contribution >= 4 is 0 Å². The first-order valence-corrected chi connectivity index (χ1v) is 5.90. The molecule has 2 N–H and O–H groups in total. The average Bonchev–Trinajstić information content (AvgIpc) is 2.38. The second-order valence-corrected chi connectivity index (χ2v) is 4.07. The summed E-state index contributed by atoms with van der Waals surface area (Å²) in [4.78, 5) is 0. The summed E-state index contributed by atoms with van der Waals surface area (Å²) in [5.74, 6) is 4.22. The molecule has 90 valence electrons. The first-order chi connectivity index (χ1) is 8.33. The smallest absolute Gasteiger partial charge is 0.166 e. The average molecular weight is 231 g/mol. The van der Waals surface area contributed by atoms with Crippen LogP contribution in [0.1, 0.15) is 30.9 Å². The minimum Gasteiger partial charge on any atom is -0.486 e. The molecular weight excluding hydrogens is 214 g/mol. The minimum atomic E-state index is -0.0417. The number of unbranched alkanes of at least 4 members (excludes halogenated alkanes) is 1. The van der Waals surface area contributed by atoms with Crippen molar-refractivity contribution in [3.05, 3.63) is 23.8 Å². The number of hydrogen-bond donors (Lipinski definition) is 1. The lowest BCUT2D eigenvalue weighted by atomic mass is 10.0. The molecule has 0 amide bonds.